The summed E-state index contributed by atoms with van der Waals surface area (Å²) in [6, 6.07) is 16.8. The van der Waals surface area contributed by atoms with Gasteiger partial charge in [-0.2, -0.15) is 17.5 Å². The van der Waals surface area contributed by atoms with Gasteiger partial charge in [0.25, 0.3) is 10.0 Å². The topological polar surface area (TPSA) is 107 Å². The average molecular weight is 618 g/mol. The molecule has 1 fully saturated rings. The molecule has 4 rings (SSSR count). The minimum atomic E-state index is -4.88. The first-order valence-corrected chi connectivity index (χ1v) is 16.4. The van der Waals surface area contributed by atoms with Gasteiger partial charge in [-0.15, -0.1) is 11.3 Å². The average Bonchev–Trinajstić information content (AvgIpc) is 3.47. The number of piperazine rings is 1. The molecule has 0 amide bonds. The van der Waals surface area contributed by atoms with Crippen molar-refractivity contribution in [3.8, 4) is 0 Å². The van der Waals surface area contributed by atoms with Crippen LogP contribution in [0.5, 0.6) is 0 Å². The molecular formula is C26H30F3N3O5S3. The smallest absolute Gasteiger partial charge is 0.376 e. The SMILES string of the molecule is C[C@](O)(c1ccc(N2CCN(S(=O)(=O)c3cccs3)C[C@@H]2CNS(=O)(=O)CCc2ccccc2)cc1)C(F)(F)F. The van der Waals surface area contributed by atoms with Gasteiger partial charge in [-0.05, 0) is 48.1 Å². The van der Waals surface area contributed by atoms with Gasteiger partial charge in [-0.25, -0.2) is 21.6 Å². The predicted molar refractivity (Wildman–Crippen MR) is 148 cm³/mol. The Hall–Kier alpha value is -2.49. The first kappa shape index (κ1) is 30.5. The van der Waals surface area contributed by atoms with Crippen molar-refractivity contribution in [3.05, 3.63) is 83.2 Å². The number of benzene rings is 2. The van der Waals surface area contributed by atoms with Crippen molar-refractivity contribution in [2.75, 3.05) is 36.8 Å². The number of anilines is 1. The summed E-state index contributed by atoms with van der Waals surface area (Å²) < 4.78 is 96.0. The maximum Gasteiger partial charge on any atom is 0.421 e. The predicted octanol–water partition coefficient (Wildman–Crippen LogP) is 3.56. The molecule has 0 unspecified atom stereocenters. The Kier molecular flexibility index (Phi) is 8.97. The summed E-state index contributed by atoms with van der Waals surface area (Å²) in [5.41, 5.74) is -2.06. The van der Waals surface area contributed by atoms with Crippen molar-refractivity contribution >= 4 is 37.1 Å². The van der Waals surface area contributed by atoms with Gasteiger partial charge in [-0.1, -0.05) is 48.5 Å². The molecule has 2 aromatic carbocycles. The zero-order chi connectivity index (χ0) is 29.2. The van der Waals surface area contributed by atoms with E-state index in [1.807, 2.05) is 30.3 Å². The van der Waals surface area contributed by atoms with E-state index in [0.29, 0.717) is 19.0 Å². The summed E-state index contributed by atoms with van der Waals surface area (Å²) in [5.74, 6) is -0.165. The zero-order valence-corrected chi connectivity index (χ0v) is 24.0. The fraction of sp³-hybridized carbons (Fsp3) is 0.385. The zero-order valence-electron chi connectivity index (χ0n) is 21.6. The van der Waals surface area contributed by atoms with Crippen molar-refractivity contribution in [1.82, 2.24) is 9.03 Å². The number of aryl methyl sites for hydroxylation is 1. The molecule has 1 aromatic heterocycles. The fourth-order valence-corrected chi connectivity index (χ4v) is 8.14. The Morgan fingerprint density at radius 1 is 0.975 bits per heavy atom. The number of hydrogen-bond acceptors (Lipinski definition) is 7. The summed E-state index contributed by atoms with van der Waals surface area (Å²) in [7, 11) is -7.53. The highest BCUT2D eigenvalue weighted by molar-refractivity contribution is 7.91. The quantitative estimate of drug-likeness (QED) is 0.361. The van der Waals surface area contributed by atoms with Crippen molar-refractivity contribution in [1.29, 1.82) is 0 Å². The number of alkyl halides is 3. The molecule has 218 valence electrons. The van der Waals surface area contributed by atoms with Crippen molar-refractivity contribution in [2.45, 2.75) is 35.4 Å². The highest BCUT2D eigenvalue weighted by Gasteiger charge is 2.51. The molecule has 40 heavy (non-hydrogen) atoms. The van der Waals surface area contributed by atoms with Gasteiger partial charge in [0.15, 0.2) is 5.60 Å². The Bertz CT molecular complexity index is 1480. The minimum Gasteiger partial charge on any atom is -0.376 e. The van der Waals surface area contributed by atoms with E-state index in [4.69, 9.17) is 0 Å². The summed E-state index contributed by atoms with van der Waals surface area (Å²) in [5, 5.41) is 11.7. The van der Waals surface area contributed by atoms with E-state index in [1.54, 1.807) is 16.3 Å². The van der Waals surface area contributed by atoms with Gasteiger partial charge in [0, 0.05) is 31.9 Å². The summed E-state index contributed by atoms with van der Waals surface area (Å²) in [4.78, 5) is 1.77. The van der Waals surface area contributed by atoms with Crippen LogP contribution in [0.3, 0.4) is 0 Å². The lowest BCUT2D eigenvalue weighted by Crippen LogP contribution is -2.58. The lowest BCUT2D eigenvalue weighted by Gasteiger charge is -2.42. The molecule has 0 spiro atoms. The number of thiophene rings is 1. The number of nitrogens with zero attached hydrogens (tertiary/aromatic N) is 2. The molecule has 0 saturated carbocycles. The standard InChI is InChI=1S/C26H30F3N3O5S3/c1-25(33,26(27,28)29)21-9-11-22(12-10-21)32-15-14-31(40(36,37)24-8-5-16-38-24)19-23(32)18-30-39(34,35)17-13-20-6-3-2-4-7-20/h2-12,16,23,30,33H,13-15,17-19H2,1H3/t23-,25-/m0/s1. The number of nitrogens with one attached hydrogen (secondary N) is 1. The minimum absolute atomic E-state index is 0.0382. The van der Waals surface area contributed by atoms with Crippen molar-refractivity contribution < 1.29 is 35.1 Å². The van der Waals surface area contributed by atoms with Crippen LogP contribution in [0.2, 0.25) is 0 Å². The molecule has 8 nitrogen and oxygen atoms in total. The van der Waals surface area contributed by atoms with E-state index >= 15 is 0 Å². The van der Waals surface area contributed by atoms with E-state index in [9.17, 15) is 35.1 Å². The lowest BCUT2D eigenvalue weighted by molar-refractivity contribution is -0.258. The Labute approximate surface area is 236 Å². The van der Waals surface area contributed by atoms with Gasteiger partial charge in [0.05, 0.1) is 11.8 Å². The molecule has 1 aliphatic rings. The van der Waals surface area contributed by atoms with Crippen molar-refractivity contribution in [2.24, 2.45) is 0 Å². The van der Waals surface area contributed by atoms with E-state index in [0.717, 1.165) is 16.9 Å². The number of halogens is 3. The van der Waals surface area contributed by atoms with Gasteiger partial charge >= 0.3 is 6.18 Å². The largest absolute Gasteiger partial charge is 0.421 e. The Balaban J connectivity index is 1.55. The molecular weight excluding hydrogens is 587 g/mol. The molecule has 1 aliphatic heterocycles. The maximum absolute atomic E-state index is 13.3. The lowest BCUT2D eigenvalue weighted by atomic mass is 9.95. The van der Waals surface area contributed by atoms with Crippen LogP contribution in [-0.2, 0) is 32.1 Å². The number of sulfonamides is 2. The number of rotatable bonds is 10. The van der Waals surface area contributed by atoms with E-state index in [2.05, 4.69) is 4.72 Å². The monoisotopic (exact) mass is 617 g/mol. The third kappa shape index (κ3) is 6.86. The highest BCUT2D eigenvalue weighted by atomic mass is 32.2. The van der Waals surface area contributed by atoms with E-state index < -0.39 is 37.9 Å². The van der Waals surface area contributed by atoms with E-state index in [1.165, 1.54) is 34.6 Å². The molecule has 3 aromatic rings. The summed E-state index contributed by atoms with van der Waals surface area (Å²) >= 11 is 1.08. The van der Waals surface area contributed by atoms with Crippen LogP contribution in [0.25, 0.3) is 0 Å². The van der Waals surface area contributed by atoms with Crippen molar-refractivity contribution in [3.63, 3.8) is 0 Å². The summed E-state index contributed by atoms with van der Waals surface area (Å²) in [6.07, 6.45) is -4.58. The second-order valence-corrected chi connectivity index (χ2v) is 14.7. The fourth-order valence-electron chi connectivity index (χ4n) is 4.43. The first-order chi connectivity index (χ1) is 18.7. The molecule has 0 radical (unpaired) electrons. The van der Waals surface area contributed by atoms with Gasteiger partial charge < -0.3 is 10.0 Å². The van der Waals surface area contributed by atoms with Crippen LogP contribution < -0.4 is 9.62 Å². The molecule has 1 saturated heterocycles. The molecule has 2 atom stereocenters. The maximum atomic E-state index is 13.3. The Morgan fingerprint density at radius 3 is 2.25 bits per heavy atom. The van der Waals surface area contributed by atoms with Gasteiger partial charge in [0.2, 0.25) is 10.0 Å². The summed E-state index contributed by atoms with van der Waals surface area (Å²) in [6.45, 7) is 0.790. The molecule has 2 heterocycles. The third-order valence-corrected chi connectivity index (χ3v) is 11.5. The normalized spacial score (nSPS) is 18.9. The Morgan fingerprint density at radius 2 is 1.65 bits per heavy atom. The van der Waals surface area contributed by atoms with Crippen LogP contribution >= 0.6 is 11.3 Å². The second kappa shape index (κ2) is 11.8. The van der Waals surface area contributed by atoms with Gasteiger partial charge in [0.1, 0.15) is 4.21 Å². The number of hydrogen-bond donors (Lipinski definition) is 2. The van der Waals surface area contributed by atoms with Gasteiger partial charge in [-0.3, -0.25) is 0 Å². The molecule has 2 N–H and O–H groups in total. The van der Waals surface area contributed by atoms with Crippen LogP contribution in [0.15, 0.2) is 76.3 Å². The third-order valence-electron chi connectivity index (χ3n) is 6.89. The van der Waals surface area contributed by atoms with Crippen LogP contribution in [0.1, 0.15) is 18.1 Å². The molecule has 0 aliphatic carbocycles. The highest BCUT2D eigenvalue weighted by Crippen LogP contribution is 2.39. The molecule has 0 bridgehead atoms. The first-order valence-electron chi connectivity index (χ1n) is 12.4. The van der Waals surface area contributed by atoms with E-state index in [-0.39, 0.29) is 41.7 Å². The number of aliphatic hydroxyl groups is 1. The molecule has 14 heteroatoms. The van der Waals surface area contributed by atoms with Crippen LogP contribution in [0, 0.1) is 0 Å². The van der Waals surface area contributed by atoms with Crippen LogP contribution in [-0.4, -0.2) is 70.4 Å². The second-order valence-electron chi connectivity index (χ2n) is 9.66. The van der Waals surface area contributed by atoms with Crippen LogP contribution in [0.4, 0.5) is 18.9 Å².